The van der Waals surface area contributed by atoms with Crippen molar-refractivity contribution in [3.8, 4) is 11.5 Å². The zero-order chi connectivity index (χ0) is 18.2. The molecule has 2 aromatic carbocycles. The molecule has 0 radical (unpaired) electrons. The van der Waals surface area contributed by atoms with E-state index in [2.05, 4.69) is 10.6 Å². The van der Waals surface area contributed by atoms with Crippen LogP contribution in [-0.4, -0.2) is 32.6 Å². The standard InChI is InChI=1S/C19H22N2O4/c1-13-6-4-5-7-15(13)19(23)21-12-18(22)20-11-14-8-9-16(24-2)17(10-14)25-3/h4-10H,11-12H2,1-3H3,(H,20,22)(H,21,23). The predicted octanol–water partition coefficient (Wildman–Crippen LogP) is 2.06. The van der Waals surface area contributed by atoms with E-state index in [9.17, 15) is 9.59 Å². The second-order valence-electron chi connectivity index (χ2n) is 5.46. The summed E-state index contributed by atoms with van der Waals surface area (Å²) in [5, 5.41) is 5.38. The molecular weight excluding hydrogens is 320 g/mol. The van der Waals surface area contributed by atoms with Crippen molar-refractivity contribution >= 4 is 11.8 Å². The molecule has 0 unspecified atom stereocenters. The number of rotatable bonds is 7. The van der Waals surface area contributed by atoms with Gasteiger partial charge in [0.2, 0.25) is 5.91 Å². The van der Waals surface area contributed by atoms with Gasteiger partial charge in [-0.2, -0.15) is 0 Å². The number of carbonyl (C=O) groups excluding carboxylic acids is 2. The zero-order valence-electron chi connectivity index (χ0n) is 14.6. The second-order valence-corrected chi connectivity index (χ2v) is 5.46. The summed E-state index contributed by atoms with van der Waals surface area (Å²) >= 11 is 0. The molecule has 2 N–H and O–H groups in total. The summed E-state index contributed by atoms with van der Waals surface area (Å²) < 4.78 is 10.4. The van der Waals surface area contributed by atoms with E-state index in [1.54, 1.807) is 38.5 Å². The minimum atomic E-state index is -0.267. The topological polar surface area (TPSA) is 76.7 Å². The second kappa shape index (κ2) is 8.73. The van der Waals surface area contributed by atoms with Crippen molar-refractivity contribution in [2.24, 2.45) is 0 Å². The van der Waals surface area contributed by atoms with Crippen LogP contribution in [0.1, 0.15) is 21.5 Å². The summed E-state index contributed by atoms with van der Waals surface area (Å²) in [4.78, 5) is 24.0. The van der Waals surface area contributed by atoms with Gasteiger partial charge in [-0.1, -0.05) is 24.3 Å². The highest BCUT2D eigenvalue weighted by molar-refractivity contribution is 5.97. The molecular formula is C19H22N2O4. The normalized spacial score (nSPS) is 10.0. The van der Waals surface area contributed by atoms with E-state index in [0.717, 1.165) is 11.1 Å². The number of carbonyl (C=O) groups is 2. The van der Waals surface area contributed by atoms with Crippen molar-refractivity contribution in [3.05, 3.63) is 59.2 Å². The first kappa shape index (κ1) is 18.3. The molecule has 6 heteroatoms. The van der Waals surface area contributed by atoms with Crippen LogP contribution in [0, 0.1) is 6.92 Å². The number of nitrogens with one attached hydrogen (secondary N) is 2. The predicted molar refractivity (Wildman–Crippen MR) is 94.9 cm³/mol. The fraction of sp³-hybridized carbons (Fsp3) is 0.263. The molecule has 0 saturated carbocycles. The van der Waals surface area contributed by atoms with Crippen LogP contribution >= 0.6 is 0 Å². The van der Waals surface area contributed by atoms with E-state index in [1.807, 2.05) is 25.1 Å². The summed E-state index contributed by atoms with van der Waals surface area (Å²) in [6, 6.07) is 12.7. The van der Waals surface area contributed by atoms with Gasteiger partial charge in [0, 0.05) is 12.1 Å². The molecule has 25 heavy (non-hydrogen) atoms. The first-order valence-corrected chi connectivity index (χ1v) is 7.86. The Kier molecular flexibility index (Phi) is 6.39. The first-order chi connectivity index (χ1) is 12.0. The summed E-state index contributed by atoms with van der Waals surface area (Å²) in [7, 11) is 3.12. The molecule has 2 amide bonds. The van der Waals surface area contributed by atoms with E-state index in [1.165, 1.54) is 0 Å². The van der Waals surface area contributed by atoms with E-state index >= 15 is 0 Å². The first-order valence-electron chi connectivity index (χ1n) is 7.86. The van der Waals surface area contributed by atoms with Crippen molar-refractivity contribution in [1.82, 2.24) is 10.6 Å². The summed E-state index contributed by atoms with van der Waals surface area (Å²) in [5.74, 6) is 0.696. The molecule has 132 valence electrons. The number of aryl methyl sites for hydroxylation is 1. The molecule has 0 aliphatic carbocycles. The largest absolute Gasteiger partial charge is 0.493 e. The van der Waals surface area contributed by atoms with Gasteiger partial charge in [-0.15, -0.1) is 0 Å². The third-order valence-electron chi connectivity index (χ3n) is 3.74. The van der Waals surface area contributed by atoms with Crippen molar-refractivity contribution in [3.63, 3.8) is 0 Å². The fourth-order valence-electron chi connectivity index (χ4n) is 2.34. The molecule has 0 fully saturated rings. The maximum Gasteiger partial charge on any atom is 0.251 e. The highest BCUT2D eigenvalue weighted by Crippen LogP contribution is 2.27. The summed E-state index contributed by atoms with van der Waals surface area (Å²) in [6.07, 6.45) is 0. The van der Waals surface area contributed by atoms with Gasteiger partial charge in [0.25, 0.3) is 5.91 Å². The Bertz CT molecular complexity index is 759. The highest BCUT2D eigenvalue weighted by atomic mass is 16.5. The Balaban J connectivity index is 1.85. The molecule has 0 aromatic heterocycles. The minimum absolute atomic E-state index is 0.0829. The lowest BCUT2D eigenvalue weighted by molar-refractivity contribution is -0.120. The lowest BCUT2D eigenvalue weighted by Gasteiger charge is -2.11. The minimum Gasteiger partial charge on any atom is -0.493 e. The third kappa shape index (κ3) is 4.97. The quantitative estimate of drug-likeness (QED) is 0.807. The van der Waals surface area contributed by atoms with Crippen LogP contribution in [0.3, 0.4) is 0 Å². The summed E-state index contributed by atoms with van der Waals surface area (Å²) in [5.41, 5.74) is 2.30. The number of ether oxygens (including phenoxy) is 2. The number of methoxy groups -OCH3 is 2. The SMILES string of the molecule is COc1ccc(CNC(=O)CNC(=O)c2ccccc2C)cc1OC. The Morgan fingerprint density at radius 3 is 2.36 bits per heavy atom. The van der Waals surface area contributed by atoms with Gasteiger partial charge < -0.3 is 20.1 Å². The van der Waals surface area contributed by atoms with Gasteiger partial charge in [-0.25, -0.2) is 0 Å². The smallest absolute Gasteiger partial charge is 0.251 e. The number of hydrogen-bond donors (Lipinski definition) is 2. The van der Waals surface area contributed by atoms with E-state index in [-0.39, 0.29) is 18.4 Å². The maximum absolute atomic E-state index is 12.1. The summed E-state index contributed by atoms with van der Waals surface area (Å²) in [6.45, 7) is 2.10. The Hall–Kier alpha value is -3.02. The van der Waals surface area contributed by atoms with Crippen LogP contribution in [0.4, 0.5) is 0 Å². The van der Waals surface area contributed by atoms with E-state index < -0.39 is 0 Å². The van der Waals surface area contributed by atoms with Gasteiger partial charge in [-0.3, -0.25) is 9.59 Å². The average molecular weight is 342 g/mol. The zero-order valence-corrected chi connectivity index (χ0v) is 14.6. The number of benzene rings is 2. The molecule has 0 saturated heterocycles. The monoisotopic (exact) mass is 342 g/mol. The molecule has 0 aliphatic heterocycles. The lowest BCUT2D eigenvalue weighted by atomic mass is 10.1. The van der Waals surface area contributed by atoms with Crippen molar-refractivity contribution < 1.29 is 19.1 Å². The van der Waals surface area contributed by atoms with Crippen molar-refractivity contribution in [2.45, 2.75) is 13.5 Å². The van der Waals surface area contributed by atoms with Crippen LogP contribution in [0.5, 0.6) is 11.5 Å². The maximum atomic E-state index is 12.1. The third-order valence-corrected chi connectivity index (χ3v) is 3.74. The Morgan fingerprint density at radius 1 is 0.960 bits per heavy atom. The molecule has 2 aromatic rings. The molecule has 0 heterocycles. The van der Waals surface area contributed by atoms with Crippen LogP contribution < -0.4 is 20.1 Å². The molecule has 0 bridgehead atoms. The van der Waals surface area contributed by atoms with Gasteiger partial charge in [0.1, 0.15) is 0 Å². The molecule has 0 atom stereocenters. The van der Waals surface area contributed by atoms with E-state index in [4.69, 9.17) is 9.47 Å². The van der Waals surface area contributed by atoms with E-state index in [0.29, 0.717) is 23.6 Å². The van der Waals surface area contributed by atoms with Crippen molar-refractivity contribution in [2.75, 3.05) is 20.8 Å². The molecule has 6 nitrogen and oxygen atoms in total. The van der Waals surface area contributed by atoms with Crippen LogP contribution in [-0.2, 0) is 11.3 Å². The molecule has 2 rings (SSSR count). The Morgan fingerprint density at radius 2 is 1.68 bits per heavy atom. The van der Waals surface area contributed by atoms with Crippen molar-refractivity contribution in [1.29, 1.82) is 0 Å². The highest BCUT2D eigenvalue weighted by Gasteiger charge is 2.10. The lowest BCUT2D eigenvalue weighted by Crippen LogP contribution is -2.36. The Labute approximate surface area is 147 Å². The van der Waals surface area contributed by atoms with Crippen LogP contribution in [0.25, 0.3) is 0 Å². The van der Waals surface area contributed by atoms with Gasteiger partial charge in [-0.05, 0) is 36.2 Å². The molecule has 0 spiro atoms. The fourth-order valence-corrected chi connectivity index (χ4v) is 2.34. The number of amides is 2. The van der Waals surface area contributed by atoms with Crippen LogP contribution in [0.2, 0.25) is 0 Å². The van der Waals surface area contributed by atoms with Gasteiger partial charge >= 0.3 is 0 Å². The van der Waals surface area contributed by atoms with Crippen LogP contribution in [0.15, 0.2) is 42.5 Å². The number of hydrogen-bond acceptors (Lipinski definition) is 4. The van der Waals surface area contributed by atoms with Gasteiger partial charge in [0.15, 0.2) is 11.5 Å². The molecule has 0 aliphatic rings. The average Bonchev–Trinajstić information content (AvgIpc) is 2.64. The van der Waals surface area contributed by atoms with Gasteiger partial charge in [0.05, 0.1) is 20.8 Å².